The molecular formula is C20H27N5O2. The summed E-state index contributed by atoms with van der Waals surface area (Å²) in [7, 11) is 0. The first-order valence-electron chi connectivity index (χ1n) is 10.5. The molecule has 2 aliphatic carbocycles. The van der Waals surface area contributed by atoms with Crippen LogP contribution in [0.3, 0.4) is 0 Å². The lowest BCUT2D eigenvalue weighted by atomic mass is 9.72. The van der Waals surface area contributed by atoms with E-state index in [9.17, 15) is 9.59 Å². The van der Waals surface area contributed by atoms with Gasteiger partial charge in [0, 0.05) is 24.9 Å². The first kappa shape index (κ1) is 17.0. The predicted molar refractivity (Wildman–Crippen MR) is 102 cm³/mol. The molecule has 1 aliphatic heterocycles. The van der Waals surface area contributed by atoms with E-state index in [4.69, 9.17) is 4.98 Å². The summed E-state index contributed by atoms with van der Waals surface area (Å²) in [5, 5.41) is 5.03. The van der Waals surface area contributed by atoms with E-state index in [1.165, 1.54) is 19.3 Å². The first-order valence-corrected chi connectivity index (χ1v) is 10.5. The average Bonchev–Trinajstić information content (AvgIpc) is 3.31. The number of nitrogens with zero attached hydrogens (tertiary/aromatic N) is 4. The minimum atomic E-state index is -0.129. The molecule has 3 heterocycles. The lowest BCUT2D eigenvalue weighted by Crippen LogP contribution is -2.45. The molecule has 2 aromatic rings. The summed E-state index contributed by atoms with van der Waals surface area (Å²) in [4.78, 5) is 35.3. The minimum absolute atomic E-state index is 0.0310. The van der Waals surface area contributed by atoms with Crippen molar-refractivity contribution in [2.45, 2.75) is 69.7 Å². The third-order valence-electron chi connectivity index (χ3n) is 6.76. The van der Waals surface area contributed by atoms with Crippen molar-refractivity contribution >= 4 is 16.9 Å². The highest BCUT2D eigenvalue weighted by Gasteiger charge is 2.41. The summed E-state index contributed by atoms with van der Waals surface area (Å²) in [6, 6.07) is 0.344. The number of carbonyl (C=O) groups excluding carboxylic acids is 1. The van der Waals surface area contributed by atoms with Gasteiger partial charge in [-0.1, -0.05) is 12.8 Å². The molecule has 1 saturated heterocycles. The molecule has 1 N–H and O–H groups in total. The Balaban J connectivity index is 1.45. The number of hydrogen-bond acceptors (Lipinski definition) is 4. The fourth-order valence-electron chi connectivity index (χ4n) is 5.02. The van der Waals surface area contributed by atoms with Crippen molar-refractivity contribution in [1.29, 1.82) is 0 Å². The van der Waals surface area contributed by atoms with Crippen LogP contribution in [0.1, 0.15) is 75.6 Å². The van der Waals surface area contributed by atoms with Gasteiger partial charge in [-0.15, -0.1) is 0 Å². The van der Waals surface area contributed by atoms with Crippen molar-refractivity contribution in [2.24, 2.45) is 5.92 Å². The molecule has 2 atom stereocenters. The highest BCUT2D eigenvalue weighted by atomic mass is 16.2. The van der Waals surface area contributed by atoms with Gasteiger partial charge in [-0.05, 0) is 44.9 Å². The number of piperidine rings is 1. The molecule has 2 saturated carbocycles. The van der Waals surface area contributed by atoms with Crippen LogP contribution in [0.25, 0.3) is 11.0 Å². The summed E-state index contributed by atoms with van der Waals surface area (Å²) in [5.41, 5.74) is 0.562. The molecule has 3 aliphatic rings. The topological polar surface area (TPSA) is 83.9 Å². The molecule has 0 radical (unpaired) electrons. The summed E-state index contributed by atoms with van der Waals surface area (Å²) < 4.78 is 1.95. The first-order chi connectivity index (χ1) is 13.2. The third kappa shape index (κ3) is 2.87. The maximum atomic E-state index is 12.9. The van der Waals surface area contributed by atoms with Gasteiger partial charge in [-0.25, -0.2) is 9.67 Å². The Kier molecular flexibility index (Phi) is 4.25. The van der Waals surface area contributed by atoms with E-state index in [2.05, 4.69) is 10.1 Å². The zero-order valence-corrected chi connectivity index (χ0v) is 15.7. The zero-order chi connectivity index (χ0) is 18.4. The van der Waals surface area contributed by atoms with Crippen LogP contribution in [0.5, 0.6) is 0 Å². The number of nitrogens with one attached hydrogen (secondary N) is 1. The van der Waals surface area contributed by atoms with Gasteiger partial charge < -0.3 is 9.88 Å². The second-order valence-corrected chi connectivity index (χ2v) is 8.39. The maximum absolute atomic E-state index is 12.9. The predicted octanol–water partition coefficient (Wildman–Crippen LogP) is 2.74. The second-order valence-electron chi connectivity index (χ2n) is 8.39. The molecule has 27 heavy (non-hydrogen) atoms. The molecule has 0 bridgehead atoms. The Morgan fingerprint density at radius 3 is 2.52 bits per heavy atom. The van der Waals surface area contributed by atoms with Crippen molar-refractivity contribution in [3.05, 3.63) is 22.4 Å². The van der Waals surface area contributed by atoms with Gasteiger partial charge in [-0.3, -0.25) is 9.59 Å². The van der Waals surface area contributed by atoms with Crippen molar-refractivity contribution in [2.75, 3.05) is 13.1 Å². The molecule has 3 fully saturated rings. The number of H-pyrrole nitrogens is 1. The monoisotopic (exact) mass is 369 g/mol. The Bertz CT molecular complexity index is 905. The molecule has 0 spiro atoms. The van der Waals surface area contributed by atoms with Crippen molar-refractivity contribution in [3.63, 3.8) is 0 Å². The van der Waals surface area contributed by atoms with E-state index in [0.717, 1.165) is 51.6 Å². The second kappa shape index (κ2) is 6.77. The SMILES string of the molecule is O=C(C1CCC1c1nc2c(cnn2C2CCCC2)c(=O)[nH]1)N1CCCCC1. The van der Waals surface area contributed by atoms with Crippen LogP contribution >= 0.6 is 0 Å². The van der Waals surface area contributed by atoms with Crippen LogP contribution in [0, 0.1) is 5.92 Å². The Morgan fingerprint density at radius 1 is 1.04 bits per heavy atom. The molecule has 7 nitrogen and oxygen atoms in total. The smallest absolute Gasteiger partial charge is 0.262 e. The number of aromatic amines is 1. The van der Waals surface area contributed by atoms with Gasteiger partial charge in [0.2, 0.25) is 5.91 Å². The molecule has 1 amide bonds. The van der Waals surface area contributed by atoms with E-state index < -0.39 is 0 Å². The molecule has 7 heteroatoms. The van der Waals surface area contributed by atoms with E-state index in [1.54, 1.807) is 6.20 Å². The number of aromatic nitrogens is 4. The highest BCUT2D eigenvalue weighted by molar-refractivity contribution is 5.81. The Labute approximate surface area is 158 Å². The summed E-state index contributed by atoms with van der Waals surface area (Å²) in [6.45, 7) is 1.75. The van der Waals surface area contributed by atoms with Gasteiger partial charge >= 0.3 is 0 Å². The lowest BCUT2D eigenvalue weighted by Gasteiger charge is -2.39. The van der Waals surface area contributed by atoms with Crippen LogP contribution in [-0.4, -0.2) is 43.6 Å². The van der Waals surface area contributed by atoms with Crippen molar-refractivity contribution in [1.82, 2.24) is 24.6 Å². The van der Waals surface area contributed by atoms with Crippen molar-refractivity contribution < 1.29 is 4.79 Å². The van der Waals surface area contributed by atoms with Gasteiger partial charge in [0.15, 0.2) is 5.65 Å². The number of rotatable bonds is 3. The molecule has 0 aromatic carbocycles. The highest BCUT2D eigenvalue weighted by Crippen LogP contribution is 2.42. The quantitative estimate of drug-likeness (QED) is 0.902. The van der Waals surface area contributed by atoms with Crippen molar-refractivity contribution in [3.8, 4) is 0 Å². The van der Waals surface area contributed by atoms with E-state index in [0.29, 0.717) is 22.9 Å². The minimum Gasteiger partial charge on any atom is -0.342 e. The number of likely N-dealkylation sites (tertiary alicyclic amines) is 1. The van der Waals surface area contributed by atoms with Crippen LogP contribution < -0.4 is 5.56 Å². The number of carbonyl (C=O) groups is 1. The Hall–Kier alpha value is -2.18. The summed E-state index contributed by atoms with van der Waals surface area (Å²) in [6.07, 6.45) is 11.5. The fourth-order valence-corrected chi connectivity index (χ4v) is 5.02. The summed E-state index contributed by atoms with van der Waals surface area (Å²) in [5.74, 6) is 0.918. The molecule has 2 aromatic heterocycles. The molecule has 5 rings (SSSR count). The fraction of sp³-hybridized carbons (Fsp3) is 0.700. The average molecular weight is 369 g/mol. The number of amides is 1. The molecule has 2 unspecified atom stereocenters. The van der Waals surface area contributed by atoms with Gasteiger partial charge in [0.05, 0.1) is 12.2 Å². The van der Waals surface area contributed by atoms with Crippen LogP contribution in [0.15, 0.2) is 11.0 Å². The third-order valence-corrected chi connectivity index (χ3v) is 6.76. The largest absolute Gasteiger partial charge is 0.342 e. The van der Waals surface area contributed by atoms with E-state index >= 15 is 0 Å². The lowest BCUT2D eigenvalue weighted by molar-refractivity contribution is -0.140. The zero-order valence-electron chi connectivity index (χ0n) is 15.7. The van der Waals surface area contributed by atoms with Crippen LogP contribution in [0.2, 0.25) is 0 Å². The Morgan fingerprint density at radius 2 is 1.81 bits per heavy atom. The maximum Gasteiger partial charge on any atom is 0.262 e. The molecular weight excluding hydrogens is 342 g/mol. The van der Waals surface area contributed by atoms with E-state index in [-0.39, 0.29) is 23.3 Å². The van der Waals surface area contributed by atoms with Gasteiger partial charge in [0.25, 0.3) is 5.56 Å². The standard InChI is InChI=1S/C20H27N5O2/c26-19-16-12-21-25(13-6-2-3-7-13)18(16)22-17(23-19)14-8-9-15(14)20(27)24-10-4-1-5-11-24/h12-15H,1-11H2,(H,22,23,26). The van der Waals surface area contributed by atoms with Crippen LogP contribution in [-0.2, 0) is 4.79 Å². The van der Waals surface area contributed by atoms with Gasteiger partial charge in [-0.2, -0.15) is 5.10 Å². The van der Waals surface area contributed by atoms with E-state index in [1.807, 2.05) is 9.58 Å². The summed E-state index contributed by atoms with van der Waals surface area (Å²) >= 11 is 0. The normalized spacial score (nSPS) is 26.4. The number of fused-ring (bicyclic) bond motifs is 1. The number of hydrogen-bond donors (Lipinski definition) is 1. The van der Waals surface area contributed by atoms with Crippen LogP contribution in [0.4, 0.5) is 0 Å². The molecule has 144 valence electrons. The van der Waals surface area contributed by atoms with Gasteiger partial charge in [0.1, 0.15) is 11.2 Å².